The summed E-state index contributed by atoms with van der Waals surface area (Å²) < 4.78 is 25.1. The van der Waals surface area contributed by atoms with E-state index in [0.29, 0.717) is 29.4 Å². The minimum atomic E-state index is -3.20. The van der Waals surface area contributed by atoms with E-state index in [4.69, 9.17) is 17.3 Å². The normalized spacial score (nSPS) is 19.7. The quantitative estimate of drug-likeness (QED) is 0.784. The molecule has 16 heavy (non-hydrogen) atoms. The van der Waals surface area contributed by atoms with Crippen LogP contribution in [0.25, 0.3) is 0 Å². The Kier molecular flexibility index (Phi) is 2.99. The van der Waals surface area contributed by atoms with Crippen LogP contribution in [0.2, 0.25) is 5.02 Å². The lowest BCUT2D eigenvalue weighted by atomic mass is 10.2. The molecule has 0 saturated carbocycles. The summed E-state index contributed by atoms with van der Waals surface area (Å²) in [6.45, 7) is 0.492. The minimum Gasteiger partial charge on any atom is -0.399 e. The molecule has 0 aromatic heterocycles. The van der Waals surface area contributed by atoms with Gasteiger partial charge in [-0.15, -0.1) is 0 Å². The number of halogens is 1. The van der Waals surface area contributed by atoms with Crippen molar-refractivity contribution in [3.63, 3.8) is 0 Å². The van der Waals surface area contributed by atoms with Gasteiger partial charge in [0.1, 0.15) is 0 Å². The summed E-state index contributed by atoms with van der Waals surface area (Å²) in [5, 5.41) is 0.380. The summed E-state index contributed by atoms with van der Waals surface area (Å²) in [5.41, 5.74) is 6.63. The van der Waals surface area contributed by atoms with Gasteiger partial charge in [-0.25, -0.2) is 8.42 Å². The summed E-state index contributed by atoms with van der Waals surface area (Å²) in [6, 6.07) is 4.88. The summed E-state index contributed by atoms with van der Waals surface area (Å²) >= 11 is 6.00. The Bertz CT molecular complexity index is 502. The van der Waals surface area contributed by atoms with Gasteiger partial charge in [0.05, 0.1) is 16.5 Å². The third-order valence-corrected chi connectivity index (χ3v) is 4.75. The molecule has 0 amide bonds. The smallest absolute Gasteiger partial charge is 0.235 e. The van der Waals surface area contributed by atoms with E-state index in [1.54, 1.807) is 18.2 Å². The molecule has 2 N–H and O–H groups in total. The molecule has 6 heteroatoms. The third-order valence-electron chi connectivity index (χ3n) is 2.59. The topological polar surface area (TPSA) is 63.4 Å². The maximum absolute atomic E-state index is 11.9. The molecule has 4 nitrogen and oxygen atoms in total. The average molecular weight is 261 g/mol. The van der Waals surface area contributed by atoms with Gasteiger partial charge < -0.3 is 5.73 Å². The molecular weight excluding hydrogens is 248 g/mol. The fourth-order valence-electron chi connectivity index (χ4n) is 1.78. The Hall–Kier alpha value is -0.940. The van der Waals surface area contributed by atoms with Crippen LogP contribution in [0.3, 0.4) is 0 Å². The Balaban J connectivity index is 2.43. The second kappa shape index (κ2) is 4.14. The molecule has 1 fully saturated rings. The molecule has 1 heterocycles. The van der Waals surface area contributed by atoms with Crippen molar-refractivity contribution in [2.45, 2.75) is 12.8 Å². The first kappa shape index (κ1) is 11.5. The van der Waals surface area contributed by atoms with Crippen LogP contribution < -0.4 is 10.0 Å². The molecule has 1 aliphatic rings. The van der Waals surface area contributed by atoms with Crippen molar-refractivity contribution < 1.29 is 8.42 Å². The van der Waals surface area contributed by atoms with E-state index in [2.05, 4.69) is 0 Å². The number of nitrogens with zero attached hydrogens (tertiary/aromatic N) is 1. The van der Waals surface area contributed by atoms with Gasteiger partial charge >= 0.3 is 0 Å². The van der Waals surface area contributed by atoms with Crippen LogP contribution >= 0.6 is 11.6 Å². The molecule has 1 aliphatic heterocycles. The molecule has 1 aromatic carbocycles. The van der Waals surface area contributed by atoms with Gasteiger partial charge in [-0.1, -0.05) is 11.6 Å². The summed E-state index contributed by atoms with van der Waals surface area (Å²) in [6.07, 6.45) is 1.57. The maximum atomic E-state index is 11.9. The molecule has 0 unspecified atom stereocenters. The van der Waals surface area contributed by atoms with Crippen LogP contribution in [0.1, 0.15) is 12.8 Å². The van der Waals surface area contributed by atoms with Gasteiger partial charge in [0.2, 0.25) is 10.0 Å². The number of hydrogen-bond acceptors (Lipinski definition) is 3. The number of nitrogens with two attached hydrogens (primary N) is 1. The highest BCUT2D eigenvalue weighted by atomic mass is 35.5. The molecular formula is C10H13ClN2O2S. The third kappa shape index (κ3) is 2.10. The van der Waals surface area contributed by atoms with Crippen LogP contribution in [0.4, 0.5) is 11.4 Å². The predicted molar refractivity (Wildman–Crippen MR) is 66.2 cm³/mol. The zero-order valence-electron chi connectivity index (χ0n) is 8.69. The van der Waals surface area contributed by atoms with Crippen LogP contribution in [-0.4, -0.2) is 20.7 Å². The Labute approximate surface area is 100 Å². The van der Waals surface area contributed by atoms with E-state index < -0.39 is 10.0 Å². The zero-order chi connectivity index (χ0) is 11.8. The Morgan fingerprint density at radius 1 is 1.31 bits per heavy atom. The van der Waals surface area contributed by atoms with E-state index in [-0.39, 0.29) is 5.75 Å². The highest BCUT2D eigenvalue weighted by Crippen LogP contribution is 2.31. The molecule has 2 rings (SSSR count). The number of anilines is 2. The molecule has 1 saturated heterocycles. The fraction of sp³-hybridized carbons (Fsp3) is 0.400. The lowest BCUT2D eigenvalue weighted by Gasteiger charge is -2.29. The van der Waals surface area contributed by atoms with Gasteiger partial charge in [-0.05, 0) is 31.0 Å². The van der Waals surface area contributed by atoms with Gasteiger partial charge in [-0.3, -0.25) is 4.31 Å². The number of rotatable bonds is 1. The van der Waals surface area contributed by atoms with E-state index >= 15 is 0 Å². The van der Waals surface area contributed by atoms with Crippen molar-refractivity contribution >= 4 is 33.0 Å². The van der Waals surface area contributed by atoms with Crippen LogP contribution in [0.5, 0.6) is 0 Å². The number of hydrogen-bond donors (Lipinski definition) is 1. The van der Waals surface area contributed by atoms with Gasteiger partial charge in [0.25, 0.3) is 0 Å². The lowest BCUT2D eigenvalue weighted by Crippen LogP contribution is -2.38. The molecule has 0 spiro atoms. The maximum Gasteiger partial charge on any atom is 0.235 e. The van der Waals surface area contributed by atoms with E-state index in [1.807, 2.05) is 0 Å². The lowest BCUT2D eigenvalue weighted by molar-refractivity contribution is 0.574. The first-order valence-electron chi connectivity index (χ1n) is 5.06. The van der Waals surface area contributed by atoms with Crippen molar-refractivity contribution in [3.8, 4) is 0 Å². The number of nitrogen functional groups attached to an aromatic ring is 1. The van der Waals surface area contributed by atoms with Crippen LogP contribution in [0.15, 0.2) is 18.2 Å². The zero-order valence-corrected chi connectivity index (χ0v) is 10.3. The second-order valence-electron chi connectivity index (χ2n) is 3.81. The first-order valence-corrected chi connectivity index (χ1v) is 7.05. The van der Waals surface area contributed by atoms with Crippen molar-refractivity contribution in [1.82, 2.24) is 0 Å². The van der Waals surface area contributed by atoms with Crippen molar-refractivity contribution in [2.24, 2.45) is 0 Å². The van der Waals surface area contributed by atoms with Crippen LogP contribution in [-0.2, 0) is 10.0 Å². The molecule has 88 valence electrons. The molecule has 1 aromatic rings. The standard InChI is InChI=1S/C10H13ClN2O2S/c11-9-7-8(12)3-4-10(9)13-5-1-2-6-16(13,14)15/h3-4,7H,1-2,5-6,12H2. The highest BCUT2D eigenvalue weighted by Gasteiger charge is 2.27. The molecule has 0 bridgehead atoms. The first-order chi connectivity index (χ1) is 7.50. The van der Waals surface area contributed by atoms with E-state index in [9.17, 15) is 8.42 Å². The predicted octanol–water partition coefficient (Wildman–Crippen LogP) is 1.85. The Morgan fingerprint density at radius 2 is 2.06 bits per heavy atom. The highest BCUT2D eigenvalue weighted by molar-refractivity contribution is 7.92. The summed E-state index contributed by atoms with van der Waals surface area (Å²) in [5.74, 6) is 0.188. The minimum absolute atomic E-state index is 0.188. The van der Waals surface area contributed by atoms with E-state index in [1.165, 1.54) is 4.31 Å². The van der Waals surface area contributed by atoms with Crippen LogP contribution in [0, 0.1) is 0 Å². The van der Waals surface area contributed by atoms with Gasteiger partial charge in [-0.2, -0.15) is 0 Å². The average Bonchev–Trinajstić information content (AvgIpc) is 2.19. The van der Waals surface area contributed by atoms with Gasteiger partial charge in [0.15, 0.2) is 0 Å². The summed E-state index contributed by atoms with van der Waals surface area (Å²) in [4.78, 5) is 0. The fourth-order valence-corrected chi connectivity index (χ4v) is 3.78. The Morgan fingerprint density at radius 3 is 2.69 bits per heavy atom. The largest absolute Gasteiger partial charge is 0.399 e. The van der Waals surface area contributed by atoms with Crippen molar-refractivity contribution in [3.05, 3.63) is 23.2 Å². The van der Waals surface area contributed by atoms with E-state index in [0.717, 1.165) is 6.42 Å². The molecule has 0 aliphatic carbocycles. The molecule has 0 atom stereocenters. The monoisotopic (exact) mass is 260 g/mol. The SMILES string of the molecule is Nc1ccc(N2CCCCS2(=O)=O)c(Cl)c1. The van der Waals surface area contributed by atoms with Crippen molar-refractivity contribution in [1.29, 1.82) is 0 Å². The number of benzene rings is 1. The summed E-state index contributed by atoms with van der Waals surface area (Å²) in [7, 11) is -3.20. The van der Waals surface area contributed by atoms with Crippen molar-refractivity contribution in [2.75, 3.05) is 22.3 Å². The molecule has 0 radical (unpaired) electrons. The van der Waals surface area contributed by atoms with Gasteiger partial charge in [0, 0.05) is 12.2 Å². The number of sulfonamides is 1. The second-order valence-corrected chi connectivity index (χ2v) is 6.23.